The molecule has 1 amide bonds. The first-order chi connectivity index (χ1) is 15.0. The summed E-state index contributed by atoms with van der Waals surface area (Å²) in [5, 5.41) is 8.82. The molecule has 0 aromatic carbocycles. The summed E-state index contributed by atoms with van der Waals surface area (Å²) in [5.74, 6) is 1.17. The smallest absolute Gasteiger partial charge is 0.258 e. The minimum Gasteiger partial charge on any atom is -0.471 e. The van der Waals surface area contributed by atoms with Gasteiger partial charge in [-0.3, -0.25) is 4.79 Å². The summed E-state index contributed by atoms with van der Waals surface area (Å²) in [4.78, 5) is 25.8. The van der Waals surface area contributed by atoms with Crippen molar-refractivity contribution in [3.63, 3.8) is 0 Å². The number of halogens is 1. The van der Waals surface area contributed by atoms with Crippen LogP contribution < -0.4 is 4.74 Å². The van der Waals surface area contributed by atoms with Gasteiger partial charge in [-0.1, -0.05) is 11.6 Å². The Hall–Kier alpha value is -3.00. The van der Waals surface area contributed by atoms with Crippen LogP contribution in [0.25, 0.3) is 5.82 Å². The van der Waals surface area contributed by atoms with Gasteiger partial charge in [0.25, 0.3) is 5.91 Å². The van der Waals surface area contributed by atoms with E-state index in [9.17, 15) is 4.79 Å². The van der Waals surface area contributed by atoms with Crippen LogP contribution in [-0.2, 0) is 0 Å². The molecular formula is C22H23ClN6O2. The van der Waals surface area contributed by atoms with Gasteiger partial charge in [-0.25, -0.2) is 9.97 Å². The van der Waals surface area contributed by atoms with Gasteiger partial charge >= 0.3 is 0 Å². The lowest BCUT2D eigenvalue weighted by Crippen LogP contribution is -2.59. The summed E-state index contributed by atoms with van der Waals surface area (Å²) in [6.45, 7) is 4.56. The Labute approximate surface area is 185 Å². The molecule has 2 aliphatic heterocycles. The molecule has 8 nitrogen and oxygen atoms in total. The third kappa shape index (κ3) is 3.76. The number of aryl methyl sites for hydroxylation is 2. The Morgan fingerprint density at radius 1 is 1.10 bits per heavy atom. The fourth-order valence-corrected chi connectivity index (χ4v) is 4.87. The number of ether oxygens (including phenoxy) is 1. The average Bonchev–Trinajstić information content (AvgIpc) is 3.30. The molecule has 1 aliphatic carbocycles. The zero-order valence-electron chi connectivity index (χ0n) is 17.4. The highest BCUT2D eigenvalue weighted by atomic mass is 35.5. The summed E-state index contributed by atoms with van der Waals surface area (Å²) in [6.07, 6.45) is 9.32. The highest BCUT2D eigenvalue weighted by Gasteiger charge is 2.45. The van der Waals surface area contributed by atoms with Crippen LogP contribution in [-0.4, -0.2) is 54.5 Å². The molecule has 6 rings (SSSR count). The number of rotatable bonds is 4. The Balaban J connectivity index is 1.44. The fraction of sp³-hybridized carbons (Fsp3) is 0.409. The van der Waals surface area contributed by atoms with Crippen LogP contribution in [0.3, 0.4) is 0 Å². The zero-order valence-corrected chi connectivity index (χ0v) is 18.2. The molecule has 3 aliphatic rings. The van der Waals surface area contributed by atoms with Crippen molar-refractivity contribution < 1.29 is 9.53 Å². The molecule has 0 N–H and O–H groups in total. The average molecular weight is 439 g/mol. The van der Waals surface area contributed by atoms with E-state index in [0.29, 0.717) is 34.7 Å². The Morgan fingerprint density at radius 3 is 2.58 bits per heavy atom. The van der Waals surface area contributed by atoms with E-state index in [4.69, 9.17) is 16.3 Å². The number of fused-ring (bicyclic) bond motifs is 3. The van der Waals surface area contributed by atoms with E-state index in [0.717, 1.165) is 30.4 Å². The fourth-order valence-electron chi connectivity index (χ4n) is 4.60. The predicted molar refractivity (Wildman–Crippen MR) is 114 cm³/mol. The molecule has 1 saturated carbocycles. The number of hydrogen-bond acceptors (Lipinski definition) is 6. The van der Waals surface area contributed by atoms with Gasteiger partial charge in [0.05, 0.1) is 24.0 Å². The molecule has 3 aromatic rings. The van der Waals surface area contributed by atoms with Crippen molar-refractivity contribution in [1.29, 1.82) is 0 Å². The van der Waals surface area contributed by atoms with Crippen LogP contribution in [0.1, 0.15) is 40.7 Å². The van der Waals surface area contributed by atoms with Crippen molar-refractivity contribution in [2.75, 3.05) is 6.54 Å². The van der Waals surface area contributed by atoms with Gasteiger partial charge in [-0.2, -0.15) is 10.2 Å². The van der Waals surface area contributed by atoms with Crippen molar-refractivity contribution in [1.82, 2.24) is 29.9 Å². The second-order valence-electron chi connectivity index (χ2n) is 8.36. The molecule has 3 unspecified atom stereocenters. The lowest BCUT2D eigenvalue weighted by molar-refractivity contribution is -0.0313. The van der Waals surface area contributed by atoms with Crippen LogP contribution >= 0.6 is 11.6 Å². The molecule has 5 heterocycles. The molecule has 3 aromatic heterocycles. The van der Waals surface area contributed by atoms with Crippen molar-refractivity contribution in [3.05, 3.63) is 58.6 Å². The van der Waals surface area contributed by atoms with Crippen LogP contribution in [0.5, 0.6) is 5.88 Å². The second-order valence-corrected chi connectivity index (χ2v) is 8.77. The lowest BCUT2D eigenvalue weighted by Gasteiger charge is -2.49. The number of aromatic nitrogens is 5. The topological polar surface area (TPSA) is 86.0 Å². The number of carbonyl (C=O) groups excluding carboxylic acids is 1. The molecule has 2 saturated heterocycles. The molecule has 0 radical (unpaired) electrons. The number of pyridine rings is 2. The highest BCUT2D eigenvalue weighted by molar-refractivity contribution is 6.31. The maximum atomic E-state index is 13.7. The molecular weight excluding hydrogens is 416 g/mol. The van der Waals surface area contributed by atoms with E-state index in [1.165, 1.54) is 4.80 Å². The number of carbonyl (C=O) groups is 1. The second kappa shape index (κ2) is 7.92. The van der Waals surface area contributed by atoms with Crippen molar-refractivity contribution in [2.45, 2.75) is 45.3 Å². The van der Waals surface area contributed by atoms with Crippen LogP contribution in [0.15, 0.2) is 36.9 Å². The lowest BCUT2D eigenvalue weighted by atomic mass is 9.77. The van der Waals surface area contributed by atoms with E-state index < -0.39 is 0 Å². The SMILES string of the molecule is Cc1cnc(OC2CC3CCC2N(C(=O)c2cc(C)cnc2-n2nccn2)C3)c(Cl)c1. The minimum absolute atomic E-state index is 0.0457. The number of hydrogen-bond donors (Lipinski definition) is 0. The molecule has 3 fully saturated rings. The summed E-state index contributed by atoms with van der Waals surface area (Å²) < 4.78 is 6.24. The number of amides is 1. The standard InChI is InChI=1S/C22H23ClN6O2/c1-13-7-16(20(24-10-13)29-26-5-6-27-29)22(30)28-12-15-3-4-18(28)19(9-15)31-21-17(23)8-14(2)11-25-21/h5-8,10-11,15,18-19H,3-4,9,12H2,1-2H3. The molecule has 31 heavy (non-hydrogen) atoms. The quantitative estimate of drug-likeness (QED) is 0.620. The zero-order chi connectivity index (χ0) is 21.5. The van der Waals surface area contributed by atoms with Gasteiger partial charge in [0, 0.05) is 18.9 Å². The Morgan fingerprint density at radius 2 is 1.84 bits per heavy atom. The normalized spacial score (nSPS) is 22.5. The third-order valence-electron chi connectivity index (χ3n) is 6.03. The molecule has 160 valence electrons. The first-order valence-corrected chi connectivity index (χ1v) is 10.8. The van der Waals surface area contributed by atoms with Crippen molar-refractivity contribution >= 4 is 17.5 Å². The number of piperidine rings is 2. The van der Waals surface area contributed by atoms with E-state index >= 15 is 0 Å². The van der Waals surface area contributed by atoms with E-state index in [2.05, 4.69) is 20.2 Å². The predicted octanol–water partition coefficient (Wildman–Crippen LogP) is 3.40. The summed E-state index contributed by atoms with van der Waals surface area (Å²) in [5.41, 5.74) is 2.38. The van der Waals surface area contributed by atoms with Gasteiger partial charge in [-0.15, -0.1) is 4.80 Å². The minimum atomic E-state index is -0.145. The van der Waals surface area contributed by atoms with Crippen molar-refractivity contribution in [3.8, 4) is 11.7 Å². The van der Waals surface area contributed by atoms with Gasteiger partial charge in [0.15, 0.2) is 5.82 Å². The van der Waals surface area contributed by atoms with Crippen LogP contribution in [0.4, 0.5) is 0 Å². The summed E-state index contributed by atoms with van der Waals surface area (Å²) in [6, 6.07) is 3.65. The van der Waals surface area contributed by atoms with Crippen LogP contribution in [0, 0.1) is 19.8 Å². The Bertz CT molecular complexity index is 1120. The van der Waals surface area contributed by atoms with Crippen molar-refractivity contribution in [2.24, 2.45) is 5.92 Å². The molecule has 9 heteroatoms. The van der Waals surface area contributed by atoms with E-state index in [-0.39, 0.29) is 18.1 Å². The summed E-state index contributed by atoms with van der Waals surface area (Å²) in [7, 11) is 0. The van der Waals surface area contributed by atoms with E-state index in [1.54, 1.807) is 24.8 Å². The van der Waals surface area contributed by atoms with Gasteiger partial charge in [0.2, 0.25) is 5.88 Å². The third-order valence-corrected chi connectivity index (χ3v) is 6.30. The van der Waals surface area contributed by atoms with E-state index in [1.807, 2.05) is 30.9 Å². The van der Waals surface area contributed by atoms with Gasteiger partial charge in [-0.05, 0) is 62.3 Å². The number of nitrogens with zero attached hydrogens (tertiary/aromatic N) is 6. The molecule has 2 bridgehead atoms. The monoisotopic (exact) mass is 438 g/mol. The first-order valence-electron chi connectivity index (χ1n) is 10.4. The molecule has 0 spiro atoms. The highest BCUT2D eigenvalue weighted by Crippen LogP contribution is 2.39. The largest absolute Gasteiger partial charge is 0.471 e. The van der Waals surface area contributed by atoms with Crippen LogP contribution in [0.2, 0.25) is 5.02 Å². The first kappa shape index (κ1) is 19.9. The molecule has 3 atom stereocenters. The van der Waals surface area contributed by atoms with Gasteiger partial charge < -0.3 is 9.64 Å². The Kier molecular flexibility index (Phi) is 5.09. The maximum absolute atomic E-state index is 13.7. The maximum Gasteiger partial charge on any atom is 0.258 e. The summed E-state index contributed by atoms with van der Waals surface area (Å²) >= 11 is 6.35. The van der Waals surface area contributed by atoms with Gasteiger partial charge in [0.1, 0.15) is 11.1 Å².